The second-order valence-electron chi connectivity index (χ2n) is 6.94. The molecule has 0 N–H and O–H groups in total. The van der Waals surface area contributed by atoms with Crippen LogP contribution >= 0.6 is 0 Å². The molecule has 1 aliphatic heterocycles. The molecule has 0 bridgehead atoms. The SMILES string of the molecule is O=CN1CCN(C(c2ccccc2)(c2ccccc2)c2ccccc2)CC1. The average molecular weight is 356 g/mol. The average Bonchev–Trinajstić information content (AvgIpc) is 2.77. The van der Waals surface area contributed by atoms with Crippen LogP contribution in [0.1, 0.15) is 16.7 Å². The summed E-state index contributed by atoms with van der Waals surface area (Å²) >= 11 is 0. The fraction of sp³-hybridized carbons (Fsp3) is 0.208. The summed E-state index contributed by atoms with van der Waals surface area (Å²) in [5, 5.41) is 0. The Morgan fingerprint density at radius 2 is 0.963 bits per heavy atom. The highest BCUT2D eigenvalue weighted by Gasteiger charge is 2.42. The highest BCUT2D eigenvalue weighted by atomic mass is 16.1. The van der Waals surface area contributed by atoms with Crippen molar-refractivity contribution < 1.29 is 4.79 Å². The van der Waals surface area contributed by atoms with Crippen molar-refractivity contribution >= 4 is 6.41 Å². The lowest BCUT2D eigenvalue weighted by Crippen LogP contribution is -2.56. The first kappa shape index (κ1) is 17.5. The Kier molecular flexibility index (Phi) is 5.03. The van der Waals surface area contributed by atoms with Gasteiger partial charge in [-0.1, -0.05) is 91.0 Å². The van der Waals surface area contributed by atoms with Crippen LogP contribution in [0.5, 0.6) is 0 Å². The van der Waals surface area contributed by atoms with Gasteiger partial charge in [0, 0.05) is 26.2 Å². The molecule has 3 nitrogen and oxygen atoms in total. The fourth-order valence-corrected chi connectivity index (χ4v) is 4.25. The first-order chi connectivity index (χ1) is 13.4. The van der Waals surface area contributed by atoms with Gasteiger partial charge in [-0.15, -0.1) is 0 Å². The van der Waals surface area contributed by atoms with Crippen molar-refractivity contribution in [2.45, 2.75) is 5.54 Å². The van der Waals surface area contributed by atoms with Gasteiger partial charge in [0.05, 0.1) is 5.54 Å². The van der Waals surface area contributed by atoms with Crippen LogP contribution in [0.3, 0.4) is 0 Å². The van der Waals surface area contributed by atoms with E-state index in [0.717, 1.165) is 32.6 Å². The van der Waals surface area contributed by atoms with Crippen LogP contribution < -0.4 is 0 Å². The first-order valence-electron chi connectivity index (χ1n) is 9.46. The molecule has 136 valence electrons. The minimum atomic E-state index is -0.376. The van der Waals surface area contributed by atoms with Gasteiger partial charge in [0.2, 0.25) is 6.41 Å². The Morgan fingerprint density at radius 1 is 0.593 bits per heavy atom. The summed E-state index contributed by atoms with van der Waals surface area (Å²) in [6, 6.07) is 32.1. The standard InChI is InChI=1S/C24H24N2O/c27-20-25-16-18-26(19-17-25)24(21-10-4-1-5-11-21,22-12-6-2-7-13-22)23-14-8-3-9-15-23/h1-15,20H,16-19H2. The molecule has 1 amide bonds. The molecule has 3 aromatic carbocycles. The summed E-state index contributed by atoms with van der Waals surface area (Å²) in [7, 11) is 0. The number of nitrogens with zero attached hydrogens (tertiary/aromatic N) is 2. The van der Waals surface area contributed by atoms with Gasteiger partial charge in [-0.2, -0.15) is 0 Å². The number of carbonyl (C=O) groups is 1. The van der Waals surface area contributed by atoms with Crippen molar-refractivity contribution in [1.29, 1.82) is 0 Å². The lowest BCUT2D eigenvalue weighted by atomic mass is 9.75. The molecule has 0 unspecified atom stereocenters. The van der Waals surface area contributed by atoms with Crippen molar-refractivity contribution in [3.05, 3.63) is 108 Å². The van der Waals surface area contributed by atoms with E-state index in [1.54, 1.807) is 0 Å². The molecule has 3 aromatic rings. The molecule has 0 spiro atoms. The van der Waals surface area contributed by atoms with E-state index in [1.807, 2.05) is 4.90 Å². The highest BCUT2D eigenvalue weighted by Crippen LogP contribution is 2.42. The first-order valence-corrected chi connectivity index (χ1v) is 9.46. The van der Waals surface area contributed by atoms with E-state index in [4.69, 9.17) is 0 Å². The maximum atomic E-state index is 11.2. The molecular formula is C24H24N2O. The van der Waals surface area contributed by atoms with Gasteiger partial charge >= 0.3 is 0 Å². The van der Waals surface area contributed by atoms with Gasteiger partial charge in [0.25, 0.3) is 0 Å². The monoisotopic (exact) mass is 356 g/mol. The molecule has 1 saturated heterocycles. The number of benzene rings is 3. The number of hydrogen-bond acceptors (Lipinski definition) is 2. The molecule has 3 heteroatoms. The van der Waals surface area contributed by atoms with Crippen LogP contribution in [0.2, 0.25) is 0 Å². The molecule has 0 radical (unpaired) electrons. The Hall–Kier alpha value is -2.91. The van der Waals surface area contributed by atoms with Crippen LogP contribution in [0, 0.1) is 0 Å². The second kappa shape index (κ2) is 7.77. The summed E-state index contributed by atoms with van der Waals surface area (Å²) in [6.45, 7) is 3.16. The van der Waals surface area contributed by atoms with Crippen LogP contribution in [-0.2, 0) is 10.3 Å². The Morgan fingerprint density at radius 3 is 1.30 bits per heavy atom. The Balaban J connectivity index is 1.94. The second-order valence-corrected chi connectivity index (χ2v) is 6.94. The number of rotatable bonds is 5. The normalized spacial score (nSPS) is 15.5. The molecule has 0 atom stereocenters. The highest BCUT2D eigenvalue weighted by molar-refractivity contribution is 5.51. The van der Waals surface area contributed by atoms with E-state index in [9.17, 15) is 4.79 Å². The maximum Gasteiger partial charge on any atom is 0.209 e. The van der Waals surface area contributed by atoms with E-state index >= 15 is 0 Å². The zero-order chi connectivity index (χ0) is 18.5. The number of carbonyl (C=O) groups excluding carboxylic acids is 1. The Labute approximate surface area is 160 Å². The molecule has 27 heavy (non-hydrogen) atoms. The quantitative estimate of drug-likeness (QED) is 0.513. The minimum absolute atomic E-state index is 0.376. The van der Waals surface area contributed by atoms with E-state index in [-0.39, 0.29) is 5.54 Å². The van der Waals surface area contributed by atoms with Gasteiger partial charge in [0.1, 0.15) is 0 Å². The van der Waals surface area contributed by atoms with E-state index in [1.165, 1.54) is 16.7 Å². The molecule has 0 aromatic heterocycles. The maximum absolute atomic E-state index is 11.2. The summed E-state index contributed by atoms with van der Waals surface area (Å²) in [4.78, 5) is 15.6. The lowest BCUT2D eigenvalue weighted by molar-refractivity contribution is -0.120. The third-order valence-corrected chi connectivity index (χ3v) is 5.51. The van der Waals surface area contributed by atoms with E-state index < -0.39 is 0 Å². The van der Waals surface area contributed by atoms with Gasteiger partial charge in [-0.3, -0.25) is 9.69 Å². The Bertz CT molecular complexity index is 760. The molecule has 0 saturated carbocycles. The van der Waals surface area contributed by atoms with Crippen LogP contribution in [0.15, 0.2) is 91.0 Å². The van der Waals surface area contributed by atoms with Crippen molar-refractivity contribution in [2.75, 3.05) is 26.2 Å². The van der Waals surface area contributed by atoms with Crippen molar-refractivity contribution in [3.8, 4) is 0 Å². The van der Waals surface area contributed by atoms with Crippen molar-refractivity contribution in [2.24, 2.45) is 0 Å². The van der Waals surface area contributed by atoms with E-state index in [0.29, 0.717) is 0 Å². The van der Waals surface area contributed by atoms with Crippen molar-refractivity contribution in [3.63, 3.8) is 0 Å². The third-order valence-electron chi connectivity index (χ3n) is 5.51. The van der Waals surface area contributed by atoms with Gasteiger partial charge in [-0.05, 0) is 16.7 Å². The van der Waals surface area contributed by atoms with Gasteiger partial charge in [0.15, 0.2) is 0 Å². The largest absolute Gasteiger partial charge is 0.343 e. The molecule has 4 rings (SSSR count). The molecule has 1 heterocycles. The lowest BCUT2D eigenvalue weighted by Gasteiger charge is -2.48. The minimum Gasteiger partial charge on any atom is -0.343 e. The van der Waals surface area contributed by atoms with Crippen molar-refractivity contribution in [1.82, 2.24) is 9.80 Å². The summed E-state index contributed by atoms with van der Waals surface area (Å²) in [6.07, 6.45) is 0.965. The topological polar surface area (TPSA) is 23.6 Å². The number of hydrogen-bond donors (Lipinski definition) is 0. The smallest absolute Gasteiger partial charge is 0.209 e. The molecule has 1 fully saturated rings. The number of piperazine rings is 1. The molecular weight excluding hydrogens is 332 g/mol. The predicted octanol–water partition coefficient (Wildman–Crippen LogP) is 3.75. The van der Waals surface area contributed by atoms with Crippen LogP contribution in [0.25, 0.3) is 0 Å². The number of amides is 1. The predicted molar refractivity (Wildman–Crippen MR) is 108 cm³/mol. The zero-order valence-electron chi connectivity index (χ0n) is 15.4. The zero-order valence-corrected chi connectivity index (χ0v) is 15.4. The van der Waals surface area contributed by atoms with Gasteiger partial charge < -0.3 is 4.90 Å². The molecule has 1 aliphatic rings. The van der Waals surface area contributed by atoms with Gasteiger partial charge in [-0.25, -0.2) is 0 Å². The fourth-order valence-electron chi connectivity index (χ4n) is 4.25. The summed E-state index contributed by atoms with van der Waals surface area (Å²) < 4.78 is 0. The van der Waals surface area contributed by atoms with Crippen LogP contribution in [0.4, 0.5) is 0 Å². The molecule has 0 aliphatic carbocycles. The van der Waals surface area contributed by atoms with Crippen LogP contribution in [-0.4, -0.2) is 42.4 Å². The third kappa shape index (κ3) is 3.15. The summed E-state index contributed by atoms with van der Waals surface area (Å²) in [5.74, 6) is 0. The summed E-state index contributed by atoms with van der Waals surface area (Å²) in [5.41, 5.74) is 3.38. The van der Waals surface area contributed by atoms with E-state index in [2.05, 4.69) is 95.9 Å².